The highest BCUT2D eigenvalue weighted by molar-refractivity contribution is 7.89. The van der Waals surface area contributed by atoms with Crippen molar-refractivity contribution in [2.24, 2.45) is 5.92 Å². The molecule has 0 aromatic heterocycles. The Bertz CT molecular complexity index is 549. The summed E-state index contributed by atoms with van der Waals surface area (Å²) in [7, 11) is -3.74. The monoisotopic (exact) mass is 299 g/mol. The first-order valence-electron chi connectivity index (χ1n) is 6.53. The van der Waals surface area contributed by atoms with Crippen LogP contribution in [0.15, 0.2) is 29.2 Å². The van der Waals surface area contributed by atoms with Crippen LogP contribution in [0.3, 0.4) is 0 Å². The molecule has 0 aliphatic carbocycles. The van der Waals surface area contributed by atoms with Gasteiger partial charge in [-0.05, 0) is 31.9 Å². The maximum absolute atomic E-state index is 12.2. The lowest BCUT2D eigenvalue weighted by Gasteiger charge is -2.20. The molecule has 0 saturated carbocycles. The lowest BCUT2D eigenvalue weighted by Crippen LogP contribution is -2.45. The molecule has 1 aromatic carbocycles. The molecule has 0 spiro atoms. The van der Waals surface area contributed by atoms with Crippen LogP contribution in [0, 0.1) is 12.8 Å². The molecular weight excluding hydrogens is 278 g/mol. The third-order valence-electron chi connectivity index (χ3n) is 2.82. The van der Waals surface area contributed by atoms with Crippen LogP contribution in [-0.4, -0.2) is 27.0 Å². The zero-order valence-corrected chi connectivity index (χ0v) is 13.0. The van der Waals surface area contributed by atoms with E-state index in [1.54, 1.807) is 32.9 Å². The molecule has 0 bridgehead atoms. The van der Waals surface area contributed by atoms with E-state index in [1.165, 1.54) is 12.1 Å². The van der Waals surface area contributed by atoms with Gasteiger partial charge in [-0.15, -0.1) is 0 Å². The zero-order valence-electron chi connectivity index (χ0n) is 12.2. The first kappa shape index (κ1) is 16.7. The molecule has 0 heterocycles. The summed E-state index contributed by atoms with van der Waals surface area (Å²) in [5.74, 6) is -0.757. The maximum Gasteiger partial charge on any atom is 0.324 e. The Kier molecular flexibility index (Phi) is 5.71. The van der Waals surface area contributed by atoms with Crippen LogP contribution in [0.2, 0.25) is 0 Å². The molecule has 1 aromatic rings. The summed E-state index contributed by atoms with van der Waals surface area (Å²) in [6, 6.07) is 5.56. The van der Waals surface area contributed by atoms with Crippen molar-refractivity contribution in [3.05, 3.63) is 29.8 Å². The number of ether oxygens (including phenoxy) is 1. The number of hydrogen-bond acceptors (Lipinski definition) is 4. The molecule has 1 unspecified atom stereocenters. The largest absolute Gasteiger partial charge is 0.465 e. The zero-order chi connectivity index (χ0) is 15.3. The minimum Gasteiger partial charge on any atom is -0.465 e. The van der Waals surface area contributed by atoms with Crippen molar-refractivity contribution in [3.8, 4) is 0 Å². The predicted molar refractivity (Wildman–Crippen MR) is 76.8 cm³/mol. The van der Waals surface area contributed by atoms with E-state index in [4.69, 9.17) is 4.74 Å². The number of esters is 1. The Morgan fingerprint density at radius 1 is 1.25 bits per heavy atom. The van der Waals surface area contributed by atoms with E-state index in [2.05, 4.69) is 4.72 Å². The molecule has 0 aliphatic heterocycles. The molecule has 0 aliphatic rings. The van der Waals surface area contributed by atoms with E-state index in [-0.39, 0.29) is 17.4 Å². The van der Waals surface area contributed by atoms with E-state index >= 15 is 0 Å². The third kappa shape index (κ3) is 4.31. The predicted octanol–water partition coefficient (Wildman–Crippen LogP) is 1.86. The molecule has 0 saturated heterocycles. The van der Waals surface area contributed by atoms with Crippen LogP contribution >= 0.6 is 0 Å². The Morgan fingerprint density at radius 2 is 1.80 bits per heavy atom. The normalized spacial score (nSPS) is 13.2. The second-order valence-corrected chi connectivity index (χ2v) is 6.62. The van der Waals surface area contributed by atoms with Gasteiger partial charge in [-0.2, -0.15) is 4.72 Å². The molecule has 5 nitrogen and oxygen atoms in total. The Morgan fingerprint density at radius 3 is 2.25 bits per heavy atom. The summed E-state index contributed by atoms with van der Waals surface area (Å²) in [6.45, 7) is 7.30. The SMILES string of the molecule is CCOC(=O)C(NS(=O)(=O)c1ccc(C)cc1)C(C)C. The Hall–Kier alpha value is -1.40. The molecule has 0 radical (unpaired) electrons. The highest BCUT2D eigenvalue weighted by Gasteiger charge is 2.29. The van der Waals surface area contributed by atoms with Crippen molar-refractivity contribution < 1.29 is 17.9 Å². The van der Waals surface area contributed by atoms with Crippen LogP contribution in [-0.2, 0) is 19.6 Å². The van der Waals surface area contributed by atoms with Gasteiger partial charge in [-0.3, -0.25) is 4.79 Å². The molecule has 20 heavy (non-hydrogen) atoms. The summed E-state index contributed by atoms with van der Waals surface area (Å²) < 4.78 is 31.8. The van der Waals surface area contributed by atoms with Gasteiger partial charge >= 0.3 is 5.97 Å². The number of hydrogen-bond donors (Lipinski definition) is 1. The quantitative estimate of drug-likeness (QED) is 0.814. The summed E-state index contributed by atoms with van der Waals surface area (Å²) in [6.07, 6.45) is 0. The molecule has 1 N–H and O–H groups in total. The minimum absolute atomic E-state index is 0.137. The van der Waals surface area contributed by atoms with Gasteiger partial charge in [0, 0.05) is 0 Å². The second kappa shape index (κ2) is 6.85. The third-order valence-corrected chi connectivity index (χ3v) is 4.28. The van der Waals surface area contributed by atoms with Gasteiger partial charge in [-0.1, -0.05) is 31.5 Å². The molecule has 0 fully saturated rings. The first-order chi connectivity index (χ1) is 9.27. The number of carbonyl (C=O) groups excluding carboxylic acids is 1. The van der Waals surface area contributed by atoms with Gasteiger partial charge < -0.3 is 4.74 Å². The van der Waals surface area contributed by atoms with Crippen LogP contribution in [0.1, 0.15) is 26.3 Å². The molecule has 6 heteroatoms. The highest BCUT2D eigenvalue weighted by Crippen LogP contribution is 2.13. The van der Waals surface area contributed by atoms with E-state index in [9.17, 15) is 13.2 Å². The van der Waals surface area contributed by atoms with Crippen molar-refractivity contribution in [2.45, 2.75) is 38.6 Å². The van der Waals surface area contributed by atoms with Crippen molar-refractivity contribution in [1.29, 1.82) is 0 Å². The van der Waals surface area contributed by atoms with Gasteiger partial charge in [0.1, 0.15) is 6.04 Å². The van der Waals surface area contributed by atoms with Gasteiger partial charge in [0.2, 0.25) is 10.0 Å². The van der Waals surface area contributed by atoms with Crippen molar-refractivity contribution in [2.75, 3.05) is 6.61 Å². The van der Waals surface area contributed by atoms with Gasteiger partial charge in [0.05, 0.1) is 11.5 Å². The van der Waals surface area contributed by atoms with Crippen LogP contribution < -0.4 is 4.72 Å². The van der Waals surface area contributed by atoms with E-state index < -0.39 is 22.0 Å². The first-order valence-corrected chi connectivity index (χ1v) is 8.02. The number of sulfonamides is 1. The van der Waals surface area contributed by atoms with Crippen LogP contribution in [0.5, 0.6) is 0 Å². The summed E-state index contributed by atoms with van der Waals surface area (Å²) in [5, 5.41) is 0. The number of aryl methyl sites for hydroxylation is 1. The Labute approximate surface area is 120 Å². The fourth-order valence-corrected chi connectivity index (χ4v) is 2.97. The fourth-order valence-electron chi connectivity index (χ4n) is 1.64. The van der Waals surface area contributed by atoms with Crippen LogP contribution in [0.25, 0.3) is 0 Å². The maximum atomic E-state index is 12.2. The number of carbonyl (C=O) groups is 1. The molecule has 1 atom stereocenters. The second-order valence-electron chi connectivity index (χ2n) is 4.91. The van der Waals surface area contributed by atoms with Gasteiger partial charge in [0.15, 0.2) is 0 Å². The standard InChI is InChI=1S/C14H21NO4S/c1-5-19-14(16)13(10(2)3)15-20(17,18)12-8-6-11(4)7-9-12/h6-10,13,15H,5H2,1-4H3. The van der Waals surface area contributed by atoms with Crippen LogP contribution in [0.4, 0.5) is 0 Å². The van der Waals surface area contributed by atoms with Crippen molar-refractivity contribution >= 4 is 16.0 Å². The summed E-state index contributed by atoms with van der Waals surface area (Å²) >= 11 is 0. The summed E-state index contributed by atoms with van der Waals surface area (Å²) in [5.41, 5.74) is 0.967. The average molecular weight is 299 g/mol. The highest BCUT2D eigenvalue weighted by atomic mass is 32.2. The molecular formula is C14H21NO4S. The van der Waals surface area contributed by atoms with E-state index in [0.717, 1.165) is 5.56 Å². The lowest BCUT2D eigenvalue weighted by molar-refractivity contribution is -0.146. The Balaban J connectivity index is 2.97. The van der Waals surface area contributed by atoms with E-state index in [0.29, 0.717) is 0 Å². The number of benzene rings is 1. The molecule has 0 amide bonds. The summed E-state index contributed by atoms with van der Waals surface area (Å²) in [4.78, 5) is 11.9. The van der Waals surface area contributed by atoms with Gasteiger partial charge in [0.25, 0.3) is 0 Å². The number of nitrogens with one attached hydrogen (secondary N) is 1. The molecule has 112 valence electrons. The number of rotatable bonds is 6. The topological polar surface area (TPSA) is 72.5 Å². The lowest BCUT2D eigenvalue weighted by atomic mass is 10.1. The molecule has 1 rings (SSSR count). The average Bonchev–Trinajstić information content (AvgIpc) is 2.36. The van der Waals surface area contributed by atoms with Gasteiger partial charge in [-0.25, -0.2) is 8.42 Å². The minimum atomic E-state index is -3.74. The smallest absolute Gasteiger partial charge is 0.324 e. The fraction of sp³-hybridized carbons (Fsp3) is 0.500. The van der Waals surface area contributed by atoms with Crippen molar-refractivity contribution in [3.63, 3.8) is 0 Å². The van der Waals surface area contributed by atoms with Crippen molar-refractivity contribution in [1.82, 2.24) is 4.72 Å². The van der Waals surface area contributed by atoms with E-state index in [1.807, 2.05) is 6.92 Å².